The van der Waals surface area contributed by atoms with Crippen molar-refractivity contribution < 1.29 is 9.47 Å². The van der Waals surface area contributed by atoms with E-state index >= 15 is 0 Å². The van der Waals surface area contributed by atoms with Gasteiger partial charge in [-0.3, -0.25) is 0 Å². The highest BCUT2D eigenvalue weighted by molar-refractivity contribution is 7.97. The highest BCUT2D eigenvalue weighted by Gasteiger charge is 2.36. The molecule has 0 radical (unpaired) electrons. The molecule has 2 aromatic carbocycles. The van der Waals surface area contributed by atoms with Gasteiger partial charge in [-0.05, 0) is 17.5 Å². The molecule has 100 valence electrons. The van der Waals surface area contributed by atoms with Crippen LogP contribution in [0.2, 0.25) is 0 Å². The maximum Gasteiger partial charge on any atom is 0.162 e. The number of hydrogen-bond donors (Lipinski definition) is 0. The Morgan fingerprint density at radius 1 is 1.16 bits per heavy atom. The van der Waals surface area contributed by atoms with Crippen molar-refractivity contribution in [3.63, 3.8) is 0 Å². The molecular weight excluding hydrogens is 256 g/mol. The zero-order chi connectivity index (χ0) is 13.1. The topological polar surface area (TPSA) is 18.5 Å². The number of ether oxygens (including phenoxy) is 2. The van der Waals surface area contributed by atoms with E-state index in [0.717, 1.165) is 12.2 Å². The van der Waals surface area contributed by atoms with Gasteiger partial charge in [0.05, 0.1) is 0 Å². The first-order chi connectivity index (χ1) is 9.38. The van der Waals surface area contributed by atoms with Gasteiger partial charge in [0, 0.05) is 29.8 Å². The predicted molar refractivity (Wildman–Crippen MR) is 80.7 cm³/mol. The first-order valence-electron chi connectivity index (χ1n) is 6.64. The SMILES string of the molecule is COCOC1CC[S+](c2cccc3ccccc23)C1. The average Bonchev–Trinajstić information content (AvgIpc) is 2.93. The van der Waals surface area contributed by atoms with Gasteiger partial charge in [-0.15, -0.1) is 0 Å². The van der Waals surface area contributed by atoms with Crippen LogP contribution in [0.15, 0.2) is 47.4 Å². The quantitative estimate of drug-likeness (QED) is 0.630. The van der Waals surface area contributed by atoms with Gasteiger partial charge in [-0.1, -0.05) is 30.3 Å². The monoisotopic (exact) mass is 275 g/mol. The van der Waals surface area contributed by atoms with E-state index in [9.17, 15) is 0 Å². The number of benzene rings is 2. The normalized spacial score (nSPS) is 23.0. The molecule has 3 rings (SSSR count). The summed E-state index contributed by atoms with van der Waals surface area (Å²) in [7, 11) is 2.00. The first-order valence-corrected chi connectivity index (χ1v) is 8.20. The van der Waals surface area contributed by atoms with Crippen molar-refractivity contribution in [3.8, 4) is 0 Å². The number of methoxy groups -OCH3 is 1. The van der Waals surface area contributed by atoms with Crippen molar-refractivity contribution in [2.75, 3.05) is 25.4 Å². The van der Waals surface area contributed by atoms with Crippen molar-refractivity contribution in [2.24, 2.45) is 0 Å². The van der Waals surface area contributed by atoms with Crippen LogP contribution in [0.3, 0.4) is 0 Å². The van der Waals surface area contributed by atoms with Crippen molar-refractivity contribution in [3.05, 3.63) is 42.5 Å². The van der Waals surface area contributed by atoms with Crippen LogP contribution in [-0.4, -0.2) is 31.5 Å². The lowest BCUT2D eigenvalue weighted by molar-refractivity contribution is -0.0621. The second-order valence-corrected chi connectivity index (χ2v) is 6.99. The van der Waals surface area contributed by atoms with Gasteiger partial charge in [0.25, 0.3) is 0 Å². The zero-order valence-corrected chi connectivity index (χ0v) is 12.0. The third-order valence-electron chi connectivity index (χ3n) is 3.56. The molecule has 1 heterocycles. The molecular formula is C16H19O2S+. The second kappa shape index (κ2) is 5.95. The van der Waals surface area contributed by atoms with Gasteiger partial charge in [0.2, 0.25) is 0 Å². The maximum atomic E-state index is 5.70. The summed E-state index contributed by atoms with van der Waals surface area (Å²) in [6.45, 7) is 0.414. The third kappa shape index (κ3) is 2.78. The van der Waals surface area contributed by atoms with Crippen LogP contribution in [0.5, 0.6) is 0 Å². The molecule has 1 saturated heterocycles. The molecule has 0 saturated carbocycles. The molecule has 1 fully saturated rings. The second-order valence-electron chi connectivity index (χ2n) is 4.82. The largest absolute Gasteiger partial charge is 0.359 e. The summed E-state index contributed by atoms with van der Waals surface area (Å²) in [5.41, 5.74) is 0. The van der Waals surface area contributed by atoms with E-state index in [0.29, 0.717) is 23.8 Å². The van der Waals surface area contributed by atoms with Crippen LogP contribution in [-0.2, 0) is 20.4 Å². The first kappa shape index (κ1) is 13.0. The average molecular weight is 275 g/mol. The summed E-state index contributed by atoms with van der Waals surface area (Å²) in [5, 5.41) is 2.74. The van der Waals surface area contributed by atoms with Crippen LogP contribution in [0.1, 0.15) is 6.42 Å². The lowest BCUT2D eigenvalue weighted by Crippen LogP contribution is -2.16. The van der Waals surface area contributed by atoms with Gasteiger partial charge in [-0.2, -0.15) is 0 Å². The maximum absolute atomic E-state index is 5.70. The Balaban J connectivity index is 1.82. The minimum absolute atomic E-state index is 0.321. The minimum Gasteiger partial charge on any atom is -0.359 e. The summed E-state index contributed by atoms with van der Waals surface area (Å²) >= 11 is 0. The Morgan fingerprint density at radius 3 is 2.89 bits per heavy atom. The lowest BCUT2D eigenvalue weighted by Gasteiger charge is -2.07. The molecule has 0 spiro atoms. The Kier molecular flexibility index (Phi) is 4.06. The van der Waals surface area contributed by atoms with Crippen LogP contribution < -0.4 is 0 Å². The Bertz CT molecular complexity index is 550. The predicted octanol–water partition coefficient (Wildman–Crippen LogP) is 3.21. The molecule has 0 aromatic heterocycles. The molecule has 2 nitrogen and oxygen atoms in total. The zero-order valence-electron chi connectivity index (χ0n) is 11.2. The van der Waals surface area contributed by atoms with Crippen LogP contribution >= 0.6 is 0 Å². The Hall–Kier alpha value is -1.03. The van der Waals surface area contributed by atoms with Crippen molar-refractivity contribution in [2.45, 2.75) is 17.4 Å². The molecule has 2 aromatic rings. The molecule has 0 aliphatic carbocycles. The molecule has 1 aliphatic heterocycles. The fourth-order valence-electron chi connectivity index (χ4n) is 2.61. The fourth-order valence-corrected chi connectivity index (χ4v) is 5.20. The molecule has 19 heavy (non-hydrogen) atoms. The fraction of sp³-hybridized carbons (Fsp3) is 0.375. The van der Waals surface area contributed by atoms with Crippen molar-refractivity contribution >= 4 is 21.7 Å². The van der Waals surface area contributed by atoms with Crippen LogP contribution in [0, 0.1) is 0 Å². The molecule has 0 bridgehead atoms. The smallest absolute Gasteiger partial charge is 0.162 e. The van der Waals surface area contributed by atoms with E-state index < -0.39 is 0 Å². The van der Waals surface area contributed by atoms with E-state index in [4.69, 9.17) is 9.47 Å². The summed E-state index contributed by atoms with van der Waals surface area (Å²) in [6.07, 6.45) is 1.51. The molecule has 2 unspecified atom stereocenters. The highest BCUT2D eigenvalue weighted by Crippen LogP contribution is 2.30. The van der Waals surface area contributed by atoms with Crippen molar-refractivity contribution in [1.82, 2.24) is 0 Å². The van der Waals surface area contributed by atoms with Crippen LogP contribution in [0.25, 0.3) is 10.8 Å². The van der Waals surface area contributed by atoms with Gasteiger partial charge >= 0.3 is 0 Å². The minimum atomic E-state index is 0.321. The van der Waals surface area contributed by atoms with E-state index in [2.05, 4.69) is 42.5 Å². The summed E-state index contributed by atoms with van der Waals surface area (Å²) < 4.78 is 10.7. The lowest BCUT2D eigenvalue weighted by atomic mass is 10.1. The Morgan fingerprint density at radius 2 is 2.00 bits per heavy atom. The summed E-state index contributed by atoms with van der Waals surface area (Å²) in [4.78, 5) is 1.50. The van der Waals surface area contributed by atoms with Crippen LogP contribution in [0.4, 0.5) is 0 Å². The van der Waals surface area contributed by atoms with Gasteiger partial charge in [0.15, 0.2) is 4.90 Å². The molecule has 0 amide bonds. The molecule has 2 atom stereocenters. The molecule has 0 N–H and O–H groups in total. The summed E-state index contributed by atoms with van der Waals surface area (Å²) in [6, 6.07) is 15.3. The van der Waals surface area contributed by atoms with E-state index in [-0.39, 0.29) is 0 Å². The van der Waals surface area contributed by atoms with E-state index in [1.807, 2.05) is 0 Å². The summed E-state index contributed by atoms with van der Waals surface area (Å²) in [5.74, 6) is 2.37. The number of hydrogen-bond acceptors (Lipinski definition) is 2. The van der Waals surface area contributed by atoms with Gasteiger partial charge in [-0.25, -0.2) is 0 Å². The number of rotatable bonds is 4. The third-order valence-corrected chi connectivity index (χ3v) is 6.04. The van der Waals surface area contributed by atoms with Crippen molar-refractivity contribution in [1.29, 1.82) is 0 Å². The van der Waals surface area contributed by atoms with E-state index in [1.54, 1.807) is 7.11 Å². The molecule has 1 aliphatic rings. The number of fused-ring (bicyclic) bond motifs is 1. The van der Waals surface area contributed by atoms with Gasteiger partial charge in [0.1, 0.15) is 24.4 Å². The van der Waals surface area contributed by atoms with Gasteiger partial charge < -0.3 is 9.47 Å². The molecule has 3 heteroatoms. The standard InChI is InChI=1S/C16H19O2S/c1-17-12-18-14-9-10-19(11-14)16-8-4-6-13-5-2-3-7-15(13)16/h2-8,14H,9-12H2,1H3/q+1. The van der Waals surface area contributed by atoms with E-state index in [1.165, 1.54) is 21.4 Å². The Labute approximate surface area is 117 Å². The highest BCUT2D eigenvalue weighted by atomic mass is 32.2.